The van der Waals surface area contributed by atoms with Crippen molar-refractivity contribution in [3.63, 3.8) is 0 Å². The van der Waals surface area contributed by atoms with Gasteiger partial charge in [0.25, 0.3) is 0 Å². The minimum Gasteiger partial charge on any atom is -0.494 e. The van der Waals surface area contributed by atoms with E-state index >= 15 is 0 Å². The van der Waals surface area contributed by atoms with Gasteiger partial charge >= 0.3 is 5.97 Å². The Labute approximate surface area is 236 Å². The van der Waals surface area contributed by atoms with E-state index in [1.54, 1.807) is 12.1 Å². The number of esters is 1. The maximum atomic E-state index is 12.5. The Bertz CT molecular complexity index is 1110. The first-order chi connectivity index (χ1) is 19.1. The van der Waals surface area contributed by atoms with E-state index in [9.17, 15) is 4.79 Å². The van der Waals surface area contributed by atoms with Gasteiger partial charge in [-0.1, -0.05) is 90.2 Å². The molecule has 0 heterocycles. The molecule has 0 saturated heterocycles. The predicted octanol–water partition coefficient (Wildman–Crippen LogP) is 10.7. The second-order valence-electron chi connectivity index (χ2n) is 10.7. The van der Waals surface area contributed by atoms with E-state index < -0.39 is 0 Å². The predicted molar refractivity (Wildman–Crippen MR) is 162 cm³/mol. The lowest BCUT2D eigenvalue weighted by Gasteiger charge is -2.13. The van der Waals surface area contributed by atoms with Crippen LogP contribution in [0.5, 0.6) is 17.2 Å². The lowest BCUT2D eigenvalue weighted by Crippen LogP contribution is -2.15. The second kappa shape index (κ2) is 17.6. The molecule has 3 aromatic rings. The minimum atomic E-state index is -0.282. The number of carbonyl (C=O) groups is 1. The summed E-state index contributed by atoms with van der Waals surface area (Å²) in [5.41, 5.74) is 0.542. The lowest BCUT2D eigenvalue weighted by molar-refractivity contribution is 0.0319. The van der Waals surface area contributed by atoms with E-state index in [0.717, 1.165) is 48.1 Å². The number of carbonyl (C=O) groups excluding carboxylic acids is 1. The van der Waals surface area contributed by atoms with Gasteiger partial charge in [0.2, 0.25) is 0 Å². The summed E-state index contributed by atoms with van der Waals surface area (Å²) >= 11 is 0. The van der Waals surface area contributed by atoms with Crippen LogP contribution in [0.1, 0.15) is 115 Å². The molecule has 4 heteroatoms. The number of benzene rings is 3. The number of rotatable bonds is 19. The maximum absolute atomic E-state index is 12.5. The first-order valence-electron chi connectivity index (χ1n) is 15.2. The van der Waals surface area contributed by atoms with E-state index in [4.69, 9.17) is 14.2 Å². The molecule has 0 spiro atoms. The fourth-order valence-electron chi connectivity index (χ4n) is 4.74. The van der Waals surface area contributed by atoms with Crippen LogP contribution in [0.3, 0.4) is 0 Å². The van der Waals surface area contributed by atoms with Crippen molar-refractivity contribution in [3.05, 3.63) is 66.2 Å². The highest BCUT2D eigenvalue weighted by Gasteiger charge is 2.12. The normalized spacial score (nSPS) is 11.9. The molecule has 39 heavy (non-hydrogen) atoms. The third-order valence-corrected chi connectivity index (χ3v) is 7.15. The molecule has 0 amide bonds. The molecular formula is C35H48O4. The van der Waals surface area contributed by atoms with E-state index in [0.29, 0.717) is 11.3 Å². The van der Waals surface area contributed by atoms with Crippen LogP contribution in [0.25, 0.3) is 10.8 Å². The molecule has 0 saturated carbocycles. The van der Waals surface area contributed by atoms with Crippen molar-refractivity contribution in [1.82, 2.24) is 0 Å². The van der Waals surface area contributed by atoms with E-state index in [1.165, 1.54) is 64.2 Å². The third kappa shape index (κ3) is 11.3. The van der Waals surface area contributed by atoms with E-state index in [1.807, 2.05) is 37.3 Å². The Kier molecular flexibility index (Phi) is 13.7. The highest BCUT2D eigenvalue weighted by atomic mass is 16.5. The molecule has 0 radical (unpaired) electrons. The quantitative estimate of drug-likeness (QED) is 0.114. The van der Waals surface area contributed by atoms with Crippen LogP contribution in [0.2, 0.25) is 0 Å². The summed E-state index contributed by atoms with van der Waals surface area (Å²) in [6.07, 6.45) is 15.9. The molecule has 0 bridgehead atoms. The Morgan fingerprint density at radius 2 is 1.18 bits per heavy atom. The van der Waals surface area contributed by atoms with Gasteiger partial charge in [0, 0.05) is 0 Å². The third-order valence-electron chi connectivity index (χ3n) is 7.15. The van der Waals surface area contributed by atoms with Crippen molar-refractivity contribution < 1.29 is 19.0 Å². The van der Waals surface area contributed by atoms with Crippen LogP contribution in [0, 0.1) is 0 Å². The van der Waals surface area contributed by atoms with Gasteiger partial charge in [-0.05, 0) is 85.5 Å². The van der Waals surface area contributed by atoms with Crippen LogP contribution in [-0.4, -0.2) is 18.7 Å². The number of fused-ring (bicyclic) bond motifs is 1. The molecule has 0 fully saturated rings. The van der Waals surface area contributed by atoms with Crippen molar-refractivity contribution >= 4 is 16.7 Å². The molecule has 4 nitrogen and oxygen atoms in total. The van der Waals surface area contributed by atoms with Crippen LogP contribution in [0.4, 0.5) is 0 Å². The summed E-state index contributed by atoms with van der Waals surface area (Å²) in [5.74, 6) is 2.07. The van der Waals surface area contributed by atoms with E-state index in [2.05, 4.69) is 32.0 Å². The van der Waals surface area contributed by atoms with Gasteiger partial charge in [-0.25, -0.2) is 4.79 Å². The van der Waals surface area contributed by atoms with Gasteiger partial charge in [0.15, 0.2) is 0 Å². The van der Waals surface area contributed by atoms with Gasteiger partial charge in [0.05, 0.1) is 18.3 Å². The molecule has 212 valence electrons. The molecular weight excluding hydrogens is 484 g/mol. The highest BCUT2D eigenvalue weighted by Crippen LogP contribution is 2.28. The SMILES string of the molecule is CCCCCCCCCCOc1ccc2cc(Oc3ccc(C(=O)O[C@H](C)CCCCCC)cc3)ccc2c1. The number of hydrogen-bond donors (Lipinski definition) is 0. The van der Waals surface area contributed by atoms with Crippen LogP contribution in [0.15, 0.2) is 60.7 Å². The second-order valence-corrected chi connectivity index (χ2v) is 10.7. The van der Waals surface area contributed by atoms with Crippen molar-refractivity contribution in [2.24, 2.45) is 0 Å². The minimum absolute atomic E-state index is 0.0705. The van der Waals surface area contributed by atoms with E-state index in [-0.39, 0.29) is 12.1 Å². The standard InChI is InChI=1S/C35H48O4/c1-4-6-8-10-11-12-13-15-25-37-33-23-19-31-27-34(24-20-30(31)26-33)39-32-21-17-29(18-22-32)35(36)38-28(3)16-14-9-7-5-2/h17-24,26-28H,4-16,25H2,1-3H3/t28-/m1/s1. The number of unbranched alkanes of at least 4 members (excludes halogenated alkanes) is 10. The first kappa shape index (κ1) is 30.5. The Morgan fingerprint density at radius 1 is 0.641 bits per heavy atom. The zero-order chi connectivity index (χ0) is 27.7. The molecule has 0 unspecified atom stereocenters. The zero-order valence-corrected chi connectivity index (χ0v) is 24.4. The van der Waals surface area contributed by atoms with Gasteiger partial charge in [-0.15, -0.1) is 0 Å². The zero-order valence-electron chi connectivity index (χ0n) is 24.4. The topological polar surface area (TPSA) is 44.8 Å². The van der Waals surface area contributed by atoms with Crippen molar-refractivity contribution in [2.75, 3.05) is 6.61 Å². The van der Waals surface area contributed by atoms with Gasteiger partial charge in [0.1, 0.15) is 17.2 Å². The van der Waals surface area contributed by atoms with Crippen LogP contribution < -0.4 is 9.47 Å². The number of hydrogen-bond acceptors (Lipinski definition) is 4. The number of ether oxygens (including phenoxy) is 3. The van der Waals surface area contributed by atoms with Crippen LogP contribution in [-0.2, 0) is 4.74 Å². The summed E-state index contributed by atoms with van der Waals surface area (Å²) in [6.45, 7) is 7.19. The summed E-state index contributed by atoms with van der Waals surface area (Å²) in [7, 11) is 0. The average Bonchev–Trinajstić information content (AvgIpc) is 2.95. The molecule has 3 rings (SSSR count). The van der Waals surface area contributed by atoms with Gasteiger partial charge < -0.3 is 14.2 Å². The Balaban J connectivity index is 1.43. The van der Waals surface area contributed by atoms with Gasteiger partial charge in [-0.3, -0.25) is 0 Å². The Morgan fingerprint density at radius 3 is 1.85 bits per heavy atom. The summed E-state index contributed by atoms with van der Waals surface area (Å²) in [4.78, 5) is 12.5. The van der Waals surface area contributed by atoms with Crippen molar-refractivity contribution in [2.45, 2.75) is 110 Å². The fourth-order valence-corrected chi connectivity index (χ4v) is 4.74. The summed E-state index contributed by atoms with van der Waals surface area (Å²) in [5, 5.41) is 2.22. The van der Waals surface area contributed by atoms with Gasteiger partial charge in [-0.2, -0.15) is 0 Å². The monoisotopic (exact) mass is 532 g/mol. The largest absolute Gasteiger partial charge is 0.494 e. The molecule has 0 aliphatic rings. The molecule has 1 atom stereocenters. The first-order valence-corrected chi connectivity index (χ1v) is 15.2. The average molecular weight is 533 g/mol. The molecule has 0 aromatic heterocycles. The van der Waals surface area contributed by atoms with Crippen molar-refractivity contribution in [3.8, 4) is 17.2 Å². The smallest absolute Gasteiger partial charge is 0.338 e. The molecule has 3 aromatic carbocycles. The lowest BCUT2D eigenvalue weighted by atomic mass is 10.1. The molecule has 0 aliphatic heterocycles. The summed E-state index contributed by atoms with van der Waals surface area (Å²) in [6, 6.07) is 19.4. The molecule has 0 N–H and O–H groups in total. The summed E-state index contributed by atoms with van der Waals surface area (Å²) < 4.78 is 17.7. The fraction of sp³-hybridized carbons (Fsp3) is 0.514. The van der Waals surface area contributed by atoms with Crippen LogP contribution >= 0.6 is 0 Å². The maximum Gasteiger partial charge on any atom is 0.338 e. The molecule has 0 aliphatic carbocycles. The van der Waals surface area contributed by atoms with Crippen molar-refractivity contribution in [1.29, 1.82) is 0 Å². The highest BCUT2D eigenvalue weighted by molar-refractivity contribution is 5.89. The Hall–Kier alpha value is -3.01.